The number of hydrogen-bond donors (Lipinski definition) is 2. The molecule has 7 heteroatoms. The lowest BCUT2D eigenvalue weighted by atomic mass is 10.2. The third kappa shape index (κ3) is 2.60. The predicted octanol–water partition coefficient (Wildman–Crippen LogP) is 1.98. The van der Waals surface area contributed by atoms with Crippen LogP contribution in [0.1, 0.15) is 21.7 Å². The van der Waals surface area contributed by atoms with E-state index in [1.165, 1.54) is 0 Å². The van der Waals surface area contributed by atoms with E-state index in [-0.39, 0.29) is 11.5 Å². The summed E-state index contributed by atoms with van der Waals surface area (Å²) in [6.07, 6.45) is 1.89. The molecule has 0 spiro atoms. The van der Waals surface area contributed by atoms with E-state index >= 15 is 0 Å². The summed E-state index contributed by atoms with van der Waals surface area (Å²) in [5.41, 5.74) is 3.00. The van der Waals surface area contributed by atoms with Gasteiger partial charge in [0.1, 0.15) is 0 Å². The van der Waals surface area contributed by atoms with Crippen molar-refractivity contribution >= 4 is 22.8 Å². The maximum absolute atomic E-state index is 11.4. The fourth-order valence-electron chi connectivity index (χ4n) is 2.27. The van der Waals surface area contributed by atoms with Gasteiger partial charge in [-0.1, -0.05) is 12.1 Å². The molecule has 3 rings (SSSR count). The second-order valence-electron chi connectivity index (χ2n) is 4.98. The number of hydrogen-bond acceptors (Lipinski definition) is 5. The number of carboxylic acids is 1. The summed E-state index contributed by atoms with van der Waals surface area (Å²) in [7, 11) is 1.84. The van der Waals surface area contributed by atoms with Gasteiger partial charge < -0.3 is 10.4 Å². The molecule has 1 aromatic carbocycles. The fourth-order valence-corrected chi connectivity index (χ4v) is 2.27. The zero-order valence-electron chi connectivity index (χ0n) is 12.2. The van der Waals surface area contributed by atoms with Crippen molar-refractivity contribution in [3.63, 3.8) is 0 Å². The lowest BCUT2D eigenvalue weighted by molar-refractivity contribution is 0.0691. The summed E-state index contributed by atoms with van der Waals surface area (Å²) in [5, 5.41) is 16.6. The molecule has 0 aliphatic heterocycles. The van der Waals surface area contributed by atoms with Crippen molar-refractivity contribution in [1.29, 1.82) is 0 Å². The predicted molar refractivity (Wildman–Crippen MR) is 81.8 cm³/mol. The average molecular weight is 297 g/mol. The van der Waals surface area contributed by atoms with E-state index in [9.17, 15) is 9.90 Å². The van der Waals surface area contributed by atoms with Gasteiger partial charge in [0.25, 0.3) is 0 Å². The summed E-state index contributed by atoms with van der Waals surface area (Å²) in [5.74, 6) is -0.849. The number of nitrogens with zero attached hydrogens (tertiary/aromatic N) is 4. The van der Waals surface area contributed by atoms with Crippen molar-refractivity contribution in [2.24, 2.45) is 7.05 Å². The van der Waals surface area contributed by atoms with Crippen molar-refractivity contribution in [3.8, 4) is 0 Å². The number of aromatic nitrogens is 4. The highest BCUT2D eigenvalue weighted by molar-refractivity contribution is 5.93. The van der Waals surface area contributed by atoms with Crippen molar-refractivity contribution in [3.05, 3.63) is 47.4 Å². The zero-order valence-corrected chi connectivity index (χ0v) is 12.2. The van der Waals surface area contributed by atoms with Crippen LogP contribution >= 0.6 is 0 Å². The lowest BCUT2D eigenvalue weighted by Gasteiger charge is -2.09. The van der Waals surface area contributed by atoms with Gasteiger partial charge in [0.2, 0.25) is 0 Å². The SMILES string of the molecule is Cc1nn(C)cc1CNc1nc2ccccc2nc1C(=O)O. The minimum absolute atomic E-state index is 0.0831. The molecule has 22 heavy (non-hydrogen) atoms. The van der Waals surface area contributed by atoms with Crippen LogP contribution in [0.3, 0.4) is 0 Å². The van der Waals surface area contributed by atoms with Crippen LogP contribution < -0.4 is 5.32 Å². The minimum atomic E-state index is -1.11. The normalized spacial score (nSPS) is 10.8. The van der Waals surface area contributed by atoms with Crippen molar-refractivity contribution < 1.29 is 9.90 Å². The Morgan fingerprint density at radius 1 is 1.27 bits per heavy atom. The molecule has 112 valence electrons. The number of rotatable bonds is 4. The highest BCUT2D eigenvalue weighted by atomic mass is 16.4. The molecule has 0 amide bonds. The van der Waals surface area contributed by atoms with Crippen LogP contribution in [0.25, 0.3) is 11.0 Å². The maximum atomic E-state index is 11.4. The van der Waals surface area contributed by atoms with Gasteiger partial charge >= 0.3 is 5.97 Å². The number of aryl methyl sites for hydroxylation is 2. The maximum Gasteiger partial charge on any atom is 0.358 e. The summed E-state index contributed by atoms with van der Waals surface area (Å²) >= 11 is 0. The average Bonchev–Trinajstić information content (AvgIpc) is 2.82. The number of nitrogens with one attached hydrogen (secondary N) is 1. The Kier molecular flexibility index (Phi) is 3.46. The van der Waals surface area contributed by atoms with Gasteiger partial charge in [-0.2, -0.15) is 5.10 Å². The Labute approximate surface area is 126 Å². The largest absolute Gasteiger partial charge is 0.476 e. The van der Waals surface area contributed by atoms with E-state index in [2.05, 4.69) is 20.4 Å². The lowest BCUT2D eigenvalue weighted by Crippen LogP contribution is -2.11. The fraction of sp³-hybridized carbons (Fsp3) is 0.200. The Morgan fingerprint density at radius 3 is 2.55 bits per heavy atom. The Morgan fingerprint density at radius 2 is 1.95 bits per heavy atom. The molecule has 2 heterocycles. The number of benzene rings is 1. The van der Waals surface area contributed by atoms with Crippen molar-refractivity contribution in [2.45, 2.75) is 13.5 Å². The molecule has 0 fully saturated rings. The summed E-state index contributed by atoms with van der Waals surface area (Å²) in [4.78, 5) is 19.9. The van der Waals surface area contributed by atoms with E-state index in [0.29, 0.717) is 17.6 Å². The molecule has 0 saturated carbocycles. The molecule has 2 N–H and O–H groups in total. The highest BCUT2D eigenvalue weighted by Gasteiger charge is 2.15. The van der Waals surface area contributed by atoms with E-state index in [1.807, 2.05) is 26.2 Å². The van der Waals surface area contributed by atoms with Gasteiger partial charge in [0, 0.05) is 25.4 Å². The molecule has 7 nitrogen and oxygen atoms in total. The first-order chi connectivity index (χ1) is 10.5. The van der Waals surface area contributed by atoms with Crippen LogP contribution in [0.15, 0.2) is 30.5 Å². The van der Waals surface area contributed by atoms with Crippen LogP contribution in [0, 0.1) is 6.92 Å². The van der Waals surface area contributed by atoms with Gasteiger partial charge in [0.15, 0.2) is 11.5 Å². The second kappa shape index (κ2) is 5.44. The smallest absolute Gasteiger partial charge is 0.358 e. The monoisotopic (exact) mass is 297 g/mol. The minimum Gasteiger partial charge on any atom is -0.476 e. The topological polar surface area (TPSA) is 92.9 Å². The van der Waals surface area contributed by atoms with E-state index in [1.54, 1.807) is 22.9 Å². The first kappa shape index (κ1) is 14.0. The van der Waals surface area contributed by atoms with Crippen molar-refractivity contribution in [2.75, 3.05) is 5.32 Å². The Bertz CT molecular complexity index is 856. The molecule has 0 radical (unpaired) electrons. The molecule has 0 saturated heterocycles. The first-order valence-corrected chi connectivity index (χ1v) is 6.77. The van der Waals surface area contributed by atoms with Crippen LogP contribution in [-0.4, -0.2) is 30.8 Å². The number of carboxylic acid groups (broad SMARTS) is 1. The number of para-hydroxylation sites is 2. The van der Waals surface area contributed by atoms with Crippen LogP contribution in [0.5, 0.6) is 0 Å². The molecule has 0 unspecified atom stereocenters. The summed E-state index contributed by atoms with van der Waals surface area (Å²) < 4.78 is 1.72. The number of aromatic carboxylic acids is 1. The summed E-state index contributed by atoms with van der Waals surface area (Å²) in [6, 6.07) is 7.18. The number of fused-ring (bicyclic) bond motifs is 1. The molecule has 0 bridgehead atoms. The molecule has 2 aromatic heterocycles. The van der Waals surface area contributed by atoms with E-state index < -0.39 is 5.97 Å². The van der Waals surface area contributed by atoms with Gasteiger partial charge in [-0.3, -0.25) is 4.68 Å². The highest BCUT2D eigenvalue weighted by Crippen LogP contribution is 2.18. The third-order valence-electron chi connectivity index (χ3n) is 3.33. The Balaban J connectivity index is 1.96. The molecule has 3 aromatic rings. The van der Waals surface area contributed by atoms with Gasteiger partial charge in [0.05, 0.1) is 16.7 Å². The van der Waals surface area contributed by atoms with Crippen LogP contribution in [0.2, 0.25) is 0 Å². The molecular weight excluding hydrogens is 282 g/mol. The third-order valence-corrected chi connectivity index (χ3v) is 3.33. The van der Waals surface area contributed by atoms with Gasteiger partial charge in [-0.05, 0) is 19.1 Å². The van der Waals surface area contributed by atoms with Crippen LogP contribution in [-0.2, 0) is 13.6 Å². The van der Waals surface area contributed by atoms with Gasteiger partial charge in [-0.15, -0.1) is 0 Å². The number of anilines is 1. The van der Waals surface area contributed by atoms with E-state index in [4.69, 9.17) is 0 Å². The zero-order chi connectivity index (χ0) is 15.7. The summed E-state index contributed by atoms with van der Waals surface area (Å²) in [6.45, 7) is 2.34. The van der Waals surface area contributed by atoms with Crippen molar-refractivity contribution in [1.82, 2.24) is 19.7 Å². The number of carbonyl (C=O) groups is 1. The molecule has 0 aliphatic rings. The first-order valence-electron chi connectivity index (χ1n) is 6.77. The van der Waals surface area contributed by atoms with Crippen LogP contribution in [0.4, 0.5) is 5.82 Å². The molecule has 0 atom stereocenters. The quantitative estimate of drug-likeness (QED) is 0.765. The van der Waals surface area contributed by atoms with E-state index in [0.717, 1.165) is 11.3 Å². The standard InChI is InChI=1S/C15H15N5O2/c1-9-10(8-20(2)19-9)7-16-14-13(15(21)22)17-11-5-3-4-6-12(11)18-14/h3-6,8H,7H2,1-2H3,(H,16,18)(H,21,22). The van der Waals surface area contributed by atoms with Gasteiger partial charge in [-0.25, -0.2) is 14.8 Å². The second-order valence-corrected chi connectivity index (χ2v) is 4.98. The molecular formula is C15H15N5O2. The Hall–Kier alpha value is -2.96. The molecule has 0 aliphatic carbocycles.